The number of anilines is 1. The first kappa shape index (κ1) is 36.4. The van der Waals surface area contributed by atoms with E-state index < -0.39 is 5.97 Å². The van der Waals surface area contributed by atoms with Gasteiger partial charge < -0.3 is 28.6 Å². The van der Waals surface area contributed by atoms with E-state index in [2.05, 4.69) is 11.5 Å². The van der Waals surface area contributed by atoms with Gasteiger partial charge in [0.25, 0.3) is 5.91 Å². The number of aromatic carboxylic acids is 1. The number of halogens is 2. The summed E-state index contributed by atoms with van der Waals surface area (Å²) in [6, 6.07) is 11.4. The molecule has 0 unspecified atom stereocenters. The fourth-order valence-corrected chi connectivity index (χ4v) is 8.71. The minimum atomic E-state index is -1.03. The van der Waals surface area contributed by atoms with E-state index in [9.17, 15) is 9.90 Å². The van der Waals surface area contributed by atoms with E-state index in [1.807, 2.05) is 75.8 Å². The van der Waals surface area contributed by atoms with Crippen molar-refractivity contribution in [3.05, 3.63) is 91.5 Å². The zero-order valence-electron chi connectivity index (χ0n) is 31.4. The molecular formula is C41H43Cl2N5O5. The summed E-state index contributed by atoms with van der Waals surface area (Å²) in [4.78, 5) is 29.1. The number of carbonyl (C=O) groups excluding carboxylic acids is 1. The molecule has 276 valence electrons. The molecule has 1 N–H and O–H groups in total. The van der Waals surface area contributed by atoms with E-state index in [4.69, 9.17) is 37.8 Å². The van der Waals surface area contributed by atoms with Crippen molar-refractivity contribution in [2.75, 3.05) is 25.2 Å². The predicted octanol–water partition coefficient (Wildman–Crippen LogP) is 9.32. The lowest BCUT2D eigenvalue weighted by Crippen LogP contribution is -2.43. The van der Waals surface area contributed by atoms with E-state index in [0.29, 0.717) is 64.6 Å². The summed E-state index contributed by atoms with van der Waals surface area (Å²) in [7, 11) is 5.21. The van der Waals surface area contributed by atoms with Gasteiger partial charge in [-0.1, -0.05) is 29.3 Å². The normalized spacial score (nSPS) is 14.4. The number of fused-ring (bicyclic) bond motifs is 4. The minimum Gasteiger partial charge on any atom is -0.494 e. The first-order valence-corrected chi connectivity index (χ1v) is 18.4. The van der Waals surface area contributed by atoms with Gasteiger partial charge in [-0.05, 0) is 107 Å². The fraction of sp³-hybridized carbons (Fsp3) is 0.341. The number of carboxylic acids is 1. The van der Waals surface area contributed by atoms with E-state index in [0.717, 1.165) is 60.9 Å². The minimum absolute atomic E-state index is 0.170. The lowest BCUT2D eigenvalue weighted by molar-refractivity contribution is 0.0686. The third-order valence-electron chi connectivity index (χ3n) is 10.8. The van der Waals surface area contributed by atoms with Crippen LogP contribution in [0.3, 0.4) is 0 Å². The topological polar surface area (TPSA) is 104 Å². The van der Waals surface area contributed by atoms with Gasteiger partial charge in [-0.25, -0.2) is 4.79 Å². The molecule has 1 aliphatic heterocycles. The van der Waals surface area contributed by atoms with Crippen molar-refractivity contribution in [1.82, 2.24) is 18.9 Å². The SMILES string of the molecule is COc1c(N2C[C@@H](C)n3c(c(CCCOc4cc(C)c(Cl)c(C)c4)c4ccc(Cl)c(-c5c(C)nn(C)c5C)c43)C2=O)ccc2c1c(C)c(C(=O)O)n2C. The average molecular weight is 757 g/mol. The van der Waals surface area contributed by atoms with Crippen LogP contribution in [-0.4, -0.2) is 56.2 Å². The van der Waals surface area contributed by atoms with Crippen LogP contribution in [0.4, 0.5) is 5.69 Å². The van der Waals surface area contributed by atoms with Gasteiger partial charge in [0, 0.05) is 59.3 Å². The average Bonchev–Trinajstić information content (AvgIpc) is 3.68. The molecule has 1 atom stereocenters. The number of hydrogen-bond donors (Lipinski definition) is 1. The predicted molar refractivity (Wildman–Crippen MR) is 211 cm³/mol. The van der Waals surface area contributed by atoms with Crippen LogP contribution in [0.2, 0.25) is 10.0 Å². The largest absolute Gasteiger partial charge is 0.494 e. The molecule has 6 aromatic rings. The number of methoxy groups -OCH3 is 1. The molecule has 3 aromatic heterocycles. The molecule has 10 nitrogen and oxygen atoms in total. The summed E-state index contributed by atoms with van der Waals surface area (Å²) in [6.07, 6.45) is 1.21. The molecule has 12 heteroatoms. The molecule has 1 aliphatic rings. The van der Waals surface area contributed by atoms with Crippen molar-refractivity contribution in [2.24, 2.45) is 14.1 Å². The Labute approximate surface area is 318 Å². The summed E-state index contributed by atoms with van der Waals surface area (Å²) in [5, 5.41) is 17.7. The van der Waals surface area contributed by atoms with Crippen molar-refractivity contribution in [2.45, 2.75) is 60.4 Å². The molecule has 1 amide bonds. The van der Waals surface area contributed by atoms with Crippen molar-refractivity contribution in [1.29, 1.82) is 0 Å². The van der Waals surface area contributed by atoms with Gasteiger partial charge >= 0.3 is 5.97 Å². The number of amides is 1. The second-order valence-electron chi connectivity index (χ2n) is 14.1. The Bertz CT molecular complexity index is 2490. The molecule has 0 bridgehead atoms. The van der Waals surface area contributed by atoms with Gasteiger partial charge in [-0.2, -0.15) is 5.10 Å². The first-order valence-electron chi connectivity index (χ1n) is 17.6. The highest BCUT2D eigenvalue weighted by Gasteiger charge is 2.38. The van der Waals surface area contributed by atoms with Crippen LogP contribution in [0.25, 0.3) is 32.9 Å². The fourth-order valence-electron chi connectivity index (χ4n) is 8.35. The summed E-state index contributed by atoms with van der Waals surface area (Å²) in [5.41, 5.74) is 9.99. The second-order valence-corrected chi connectivity index (χ2v) is 14.9. The molecule has 0 fully saturated rings. The standard InChI is InChI=1S/C41H43Cl2N5O5/c1-20-17-26(18-21(2)35(20)43)53-16-10-11-27-28-12-13-29(42)34(33-24(5)44-46(8)25(33)6)37(28)48-22(3)19-47(40(49)38(27)48)31-15-14-30-32(39(31)52-9)23(4)36(41(50)51)45(30)7/h12-15,17-18,22H,10-11,16,19H2,1-9H3,(H,50,51)/t22-/m1/s1. The summed E-state index contributed by atoms with van der Waals surface area (Å²) < 4.78 is 17.9. The van der Waals surface area contributed by atoms with E-state index in [1.165, 1.54) is 0 Å². The third-order valence-corrected chi connectivity index (χ3v) is 11.7. The van der Waals surface area contributed by atoms with Crippen molar-refractivity contribution in [3.8, 4) is 22.6 Å². The van der Waals surface area contributed by atoms with Crippen molar-refractivity contribution in [3.63, 3.8) is 0 Å². The molecule has 0 spiro atoms. The van der Waals surface area contributed by atoms with Crippen LogP contribution in [0.5, 0.6) is 11.5 Å². The molecular weight excluding hydrogens is 713 g/mol. The maximum atomic E-state index is 15.1. The van der Waals surface area contributed by atoms with Gasteiger partial charge in [0.15, 0.2) is 5.75 Å². The summed E-state index contributed by atoms with van der Waals surface area (Å²) in [6.45, 7) is 12.6. The number of aryl methyl sites for hydroxylation is 7. The van der Waals surface area contributed by atoms with E-state index in [1.54, 1.807) is 30.5 Å². The Hall–Kier alpha value is -4.93. The highest BCUT2D eigenvalue weighted by atomic mass is 35.5. The monoisotopic (exact) mass is 755 g/mol. The molecule has 3 aromatic carbocycles. The summed E-state index contributed by atoms with van der Waals surface area (Å²) in [5.74, 6) is 0.0125. The number of carbonyl (C=O) groups is 2. The van der Waals surface area contributed by atoms with Crippen LogP contribution in [0, 0.1) is 34.6 Å². The number of benzene rings is 3. The highest BCUT2D eigenvalue weighted by Crippen LogP contribution is 2.47. The van der Waals surface area contributed by atoms with E-state index in [-0.39, 0.29) is 17.6 Å². The zero-order valence-corrected chi connectivity index (χ0v) is 33.0. The van der Waals surface area contributed by atoms with Gasteiger partial charge in [0.05, 0.1) is 41.2 Å². The Kier molecular flexibility index (Phi) is 9.27. The molecule has 53 heavy (non-hydrogen) atoms. The maximum absolute atomic E-state index is 15.1. The number of rotatable bonds is 9. The van der Waals surface area contributed by atoms with E-state index >= 15 is 4.79 Å². The highest BCUT2D eigenvalue weighted by molar-refractivity contribution is 6.35. The Morgan fingerprint density at radius 1 is 1.02 bits per heavy atom. The van der Waals surface area contributed by atoms with Gasteiger partial charge in [0.2, 0.25) is 0 Å². The number of nitrogens with zero attached hydrogens (tertiary/aromatic N) is 5. The molecule has 0 aliphatic carbocycles. The Morgan fingerprint density at radius 2 is 1.72 bits per heavy atom. The quantitative estimate of drug-likeness (QED) is 0.148. The Balaban J connectivity index is 1.39. The van der Waals surface area contributed by atoms with Crippen LogP contribution < -0.4 is 14.4 Å². The van der Waals surface area contributed by atoms with Crippen LogP contribution >= 0.6 is 23.2 Å². The van der Waals surface area contributed by atoms with Crippen molar-refractivity contribution >= 4 is 62.6 Å². The smallest absolute Gasteiger partial charge is 0.352 e. The van der Waals surface area contributed by atoms with Gasteiger partial charge in [0.1, 0.15) is 17.1 Å². The number of ether oxygens (including phenoxy) is 2. The lowest BCUT2D eigenvalue weighted by Gasteiger charge is -2.35. The van der Waals surface area contributed by atoms with Gasteiger partial charge in [-0.15, -0.1) is 0 Å². The molecule has 4 heterocycles. The lowest BCUT2D eigenvalue weighted by atomic mass is 9.98. The van der Waals surface area contributed by atoms with Gasteiger partial charge in [-0.3, -0.25) is 9.48 Å². The van der Waals surface area contributed by atoms with Crippen LogP contribution in [0.1, 0.15) is 74.0 Å². The number of carboxylic acid groups (broad SMARTS) is 1. The van der Waals surface area contributed by atoms with Crippen LogP contribution in [0.15, 0.2) is 36.4 Å². The third kappa shape index (κ3) is 5.65. The Morgan fingerprint density at radius 3 is 2.34 bits per heavy atom. The van der Waals surface area contributed by atoms with Crippen molar-refractivity contribution < 1.29 is 24.2 Å². The maximum Gasteiger partial charge on any atom is 0.352 e. The number of aromatic nitrogens is 4. The number of hydrogen-bond acceptors (Lipinski definition) is 5. The molecule has 0 saturated heterocycles. The second kappa shape index (κ2) is 13.5. The molecule has 7 rings (SSSR count). The molecule has 0 saturated carbocycles. The van der Waals surface area contributed by atoms with Crippen LogP contribution in [-0.2, 0) is 20.5 Å². The zero-order chi connectivity index (χ0) is 38.2. The molecule has 0 radical (unpaired) electrons. The summed E-state index contributed by atoms with van der Waals surface area (Å²) >= 11 is 13.5. The first-order chi connectivity index (χ1) is 25.2.